The van der Waals surface area contributed by atoms with Crippen LogP contribution in [0.5, 0.6) is 5.75 Å². The lowest BCUT2D eigenvalue weighted by atomic mass is 10.2. The molecule has 0 atom stereocenters. The second kappa shape index (κ2) is 10.1. The molecule has 6 nitrogen and oxygen atoms in total. The minimum Gasteiger partial charge on any atom is -0.492 e. The average molecular weight is 410 g/mol. The van der Waals surface area contributed by atoms with E-state index >= 15 is 0 Å². The Hall–Kier alpha value is -2.31. The lowest BCUT2D eigenvalue weighted by Gasteiger charge is -2.25. The number of hydrogen-bond donors (Lipinski definition) is 1. The fourth-order valence-corrected chi connectivity index (χ4v) is 2.77. The summed E-state index contributed by atoms with van der Waals surface area (Å²) in [5, 5.41) is 18.3. The summed E-state index contributed by atoms with van der Waals surface area (Å²) >= 11 is 12.1. The highest BCUT2D eigenvalue weighted by atomic mass is 35.5. The first kappa shape index (κ1) is 21.0. The van der Waals surface area contributed by atoms with Crippen molar-refractivity contribution in [2.45, 2.75) is 20.3 Å². The van der Waals surface area contributed by atoms with Crippen molar-refractivity contribution in [3.63, 3.8) is 0 Å². The monoisotopic (exact) mass is 409 g/mol. The van der Waals surface area contributed by atoms with Crippen molar-refractivity contribution in [1.82, 2.24) is 0 Å². The zero-order chi connectivity index (χ0) is 19.8. The van der Waals surface area contributed by atoms with Gasteiger partial charge in [0, 0.05) is 24.2 Å². The Balaban J connectivity index is 2.29. The Bertz CT molecular complexity index is 828. The first-order chi connectivity index (χ1) is 12.9. The number of aliphatic carboxylic acids is 1. The number of rotatable bonds is 9. The standard InChI is InChI=1S/C19H21Cl2N3O3/c1-3-24(10-9-19(25)26)17-8-6-14(12-18(17)27-4-2)22-23-16-11-13(20)5-7-15(16)21/h5-8,11-12H,3-4,9-10H2,1-2H3,(H,25,26). The molecule has 0 aliphatic heterocycles. The molecule has 1 N–H and O–H groups in total. The minimum absolute atomic E-state index is 0.0497. The van der Waals surface area contributed by atoms with E-state index in [2.05, 4.69) is 10.2 Å². The van der Waals surface area contributed by atoms with Gasteiger partial charge in [0.1, 0.15) is 11.4 Å². The number of hydrogen-bond acceptors (Lipinski definition) is 5. The zero-order valence-corrected chi connectivity index (χ0v) is 16.7. The van der Waals surface area contributed by atoms with Gasteiger partial charge in [0.05, 0.1) is 29.4 Å². The topological polar surface area (TPSA) is 74.5 Å². The van der Waals surface area contributed by atoms with Crippen molar-refractivity contribution < 1.29 is 14.6 Å². The number of carboxylic acids is 1. The van der Waals surface area contributed by atoms with Gasteiger partial charge in [0.25, 0.3) is 0 Å². The molecule has 0 saturated carbocycles. The Morgan fingerprint density at radius 2 is 1.93 bits per heavy atom. The van der Waals surface area contributed by atoms with Crippen LogP contribution in [0.25, 0.3) is 0 Å². The van der Waals surface area contributed by atoms with E-state index in [4.69, 9.17) is 33.0 Å². The van der Waals surface area contributed by atoms with Gasteiger partial charge in [-0.05, 0) is 44.2 Å². The highest BCUT2D eigenvalue weighted by Gasteiger charge is 2.13. The summed E-state index contributed by atoms with van der Waals surface area (Å²) in [6, 6.07) is 10.4. The molecule has 8 heteroatoms. The van der Waals surface area contributed by atoms with E-state index < -0.39 is 5.97 Å². The molecule has 0 amide bonds. The Morgan fingerprint density at radius 1 is 1.15 bits per heavy atom. The summed E-state index contributed by atoms with van der Waals surface area (Å²) in [7, 11) is 0. The summed E-state index contributed by atoms with van der Waals surface area (Å²) in [4.78, 5) is 12.8. The summed E-state index contributed by atoms with van der Waals surface area (Å²) in [5.74, 6) is -0.214. The fraction of sp³-hybridized carbons (Fsp3) is 0.316. The highest BCUT2D eigenvalue weighted by Crippen LogP contribution is 2.35. The lowest BCUT2D eigenvalue weighted by Crippen LogP contribution is -2.26. The van der Waals surface area contributed by atoms with E-state index in [0.29, 0.717) is 46.9 Å². The summed E-state index contributed by atoms with van der Waals surface area (Å²) in [6.07, 6.45) is 0.0497. The van der Waals surface area contributed by atoms with E-state index in [1.165, 1.54) is 0 Å². The van der Waals surface area contributed by atoms with Gasteiger partial charge < -0.3 is 14.7 Å². The summed E-state index contributed by atoms with van der Waals surface area (Å²) in [5.41, 5.74) is 1.88. The molecule has 0 aromatic heterocycles. The van der Waals surface area contributed by atoms with Crippen LogP contribution in [0.1, 0.15) is 20.3 Å². The fourth-order valence-electron chi connectivity index (χ4n) is 2.45. The van der Waals surface area contributed by atoms with Gasteiger partial charge >= 0.3 is 5.97 Å². The van der Waals surface area contributed by atoms with Crippen LogP contribution in [-0.2, 0) is 4.79 Å². The molecule has 2 rings (SSSR count). The van der Waals surface area contributed by atoms with Gasteiger partial charge in [0.2, 0.25) is 0 Å². The predicted molar refractivity (Wildman–Crippen MR) is 108 cm³/mol. The molecule has 0 aliphatic carbocycles. The van der Waals surface area contributed by atoms with Crippen LogP contribution in [0.15, 0.2) is 46.6 Å². The number of nitrogens with zero attached hydrogens (tertiary/aromatic N) is 3. The number of azo groups is 1. The number of halogens is 2. The molecule has 0 aliphatic rings. The summed E-state index contributed by atoms with van der Waals surface area (Å²) < 4.78 is 5.72. The number of benzene rings is 2. The molecule has 0 radical (unpaired) electrons. The van der Waals surface area contributed by atoms with Crippen LogP contribution in [0, 0.1) is 0 Å². The number of carboxylic acid groups (broad SMARTS) is 1. The van der Waals surface area contributed by atoms with Crippen molar-refractivity contribution in [3.8, 4) is 5.75 Å². The van der Waals surface area contributed by atoms with Gasteiger partial charge in [0.15, 0.2) is 0 Å². The molecule has 0 saturated heterocycles. The smallest absolute Gasteiger partial charge is 0.305 e. The third kappa shape index (κ3) is 6.12. The summed E-state index contributed by atoms with van der Waals surface area (Å²) in [6.45, 7) is 5.38. The van der Waals surface area contributed by atoms with Crippen molar-refractivity contribution in [3.05, 3.63) is 46.4 Å². The van der Waals surface area contributed by atoms with E-state index in [-0.39, 0.29) is 6.42 Å². The second-order valence-electron chi connectivity index (χ2n) is 5.60. The minimum atomic E-state index is -0.838. The Morgan fingerprint density at radius 3 is 2.59 bits per heavy atom. The second-order valence-corrected chi connectivity index (χ2v) is 6.45. The Labute approximate surface area is 168 Å². The Kier molecular flexibility index (Phi) is 7.88. The predicted octanol–water partition coefficient (Wildman–Crippen LogP) is 6.11. The molecule has 0 bridgehead atoms. The van der Waals surface area contributed by atoms with Crippen molar-refractivity contribution in [2.24, 2.45) is 10.2 Å². The van der Waals surface area contributed by atoms with Crippen LogP contribution in [0.4, 0.5) is 17.1 Å². The molecule has 144 valence electrons. The maximum absolute atomic E-state index is 10.9. The molecular weight excluding hydrogens is 389 g/mol. The molecule has 0 heterocycles. The molecule has 0 unspecified atom stereocenters. The van der Waals surface area contributed by atoms with Gasteiger partial charge in [-0.2, -0.15) is 5.11 Å². The van der Waals surface area contributed by atoms with Crippen LogP contribution in [0.3, 0.4) is 0 Å². The van der Waals surface area contributed by atoms with E-state index in [1.807, 2.05) is 24.8 Å². The van der Waals surface area contributed by atoms with Crippen LogP contribution in [-0.4, -0.2) is 30.8 Å². The third-order valence-corrected chi connectivity index (χ3v) is 4.30. The normalized spacial score (nSPS) is 11.0. The third-order valence-electron chi connectivity index (χ3n) is 3.74. The largest absolute Gasteiger partial charge is 0.492 e. The van der Waals surface area contributed by atoms with Crippen LogP contribution in [0.2, 0.25) is 10.0 Å². The highest BCUT2D eigenvalue weighted by molar-refractivity contribution is 6.35. The van der Waals surface area contributed by atoms with Crippen LogP contribution < -0.4 is 9.64 Å². The molecule has 27 heavy (non-hydrogen) atoms. The van der Waals surface area contributed by atoms with Crippen molar-refractivity contribution in [1.29, 1.82) is 0 Å². The van der Waals surface area contributed by atoms with Gasteiger partial charge in [-0.25, -0.2) is 0 Å². The van der Waals surface area contributed by atoms with Gasteiger partial charge in [-0.1, -0.05) is 23.2 Å². The first-order valence-electron chi connectivity index (χ1n) is 8.55. The van der Waals surface area contributed by atoms with Crippen LogP contribution >= 0.6 is 23.2 Å². The van der Waals surface area contributed by atoms with E-state index in [0.717, 1.165) is 5.69 Å². The zero-order valence-electron chi connectivity index (χ0n) is 15.2. The van der Waals surface area contributed by atoms with E-state index in [9.17, 15) is 4.79 Å². The lowest BCUT2D eigenvalue weighted by molar-refractivity contribution is -0.136. The molecule has 0 spiro atoms. The van der Waals surface area contributed by atoms with Gasteiger partial charge in [-0.3, -0.25) is 4.79 Å². The quantitative estimate of drug-likeness (QED) is 0.506. The average Bonchev–Trinajstić information content (AvgIpc) is 2.64. The molecule has 2 aromatic carbocycles. The number of anilines is 1. The van der Waals surface area contributed by atoms with E-state index in [1.54, 1.807) is 30.3 Å². The maximum atomic E-state index is 10.9. The van der Waals surface area contributed by atoms with Gasteiger partial charge in [-0.15, -0.1) is 5.11 Å². The SMILES string of the molecule is CCOc1cc(N=Nc2cc(Cl)ccc2Cl)ccc1N(CC)CCC(=O)O. The first-order valence-corrected chi connectivity index (χ1v) is 9.30. The maximum Gasteiger partial charge on any atom is 0.305 e. The molecular formula is C19H21Cl2N3O3. The number of carbonyl (C=O) groups is 1. The number of ether oxygens (including phenoxy) is 1. The van der Waals surface area contributed by atoms with Crippen molar-refractivity contribution in [2.75, 3.05) is 24.6 Å². The molecule has 0 fully saturated rings. The van der Waals surface area contributed by atoms with Crippen molar-refractivity contribution >= 4 is 46.2 Å². The molecule has 2 aromatic rings.